The molecule has 1 aliphatic heterocycles. The Bertz CT molecular complexity index is 1040. The third kappa shape index (κ3) is 5.54. The molecule has 0 bridgehead atoms. The van der Waals surface area contributed by atoms with Crippen LogP contribution in [0.15, 0.2) is 42.5 Å². The number of para-hydroxylation sites is 2. The number of carbonyl (C=O) groups excluding carboxylic acids is 1. The van der Waals surface area contributed by atoms with Gasteiger partial charge in [0.2, 0.25) is 0 Å². The molecule has 164 valence electrons. The maximum Gasteiger partial charge on any atom is 0.266 e. The summed E-state index contributed by atoms with van der Waals surface area (Å²) in [5, 5.41) is 1.25. The normalized spacial score (nSPS) is 14.6. The molecule has 0 radical (unpaired) electrons. The summed E-state index contributed by atoms with van der Waals surface area (Å²) in [6.07, 6.45) is 0.847. The number of halogens is 1. The number of ether oxygens (including phenoxy) is 2. The molecule has 2 aromatic carbocycles. The van der Waals surface area contributed by atoms with E-state index in [1.807, 2.05) is 49.4 Å². The lowest BCUT2D eigenvalue weighted by Crippen LogP contribution is -2.40. The van der Waals surface area contributed by atoms with E-state index in [0.717, 1.165) is 60.8 Å². The van der Waals surface area contributed by atoms with Crippen molar-refractivity contribution in [1.29, 1.82) is 0 Å². The van der Waals surface area contributed by atoms with Crippen molar-refractivity contribution in [3.05, 3.63) is 53.1 Å². The zero-order valence-corrected chi connectivity index (χ0v) is 19.1. The Labute approximate surface area is 191 Å². The second-order valence-electron chi connectivity index (χ2n) is 7.49. The fourth-order valence-corrected chi connectivity index (χ4v) is 4.87. The summed E-state index contributed by atoms with van der Waals surface area (Å²) in [4.78, 5) is 21.9. The zero-order valence-electron chi connectivity index (χ0n) is 17.6. The second kappa shape index (κ2) is 10.4. The van der Waals surface area contributed by atoms with Crippen LogP contribution in [-0.4, -0.2) is 61.8 Å². The molecular weight excluding hydrogens is 434 g/mol. The van der Waals surface area contributed by atoms with Gasteiger partial charge in [-0.3, -0.25) is 14.6 Å². The monoisotopic (exact) mass is 459 g/mol. The molecule has 1 saturated heterocycles. The van der Waals surface area contributed by atoms with Gasteiger partial charge in [-0.15, -0.1) is 0 Å². The Hall–Kier alpha value is -2.19. The molecule has 1 fully saturated rings. The van der Waals surface area contributed by atoms with Gasteiger partial charge < -0.3 is 9.47 Å². The van der Waals surface area contributed by atoms with Gasteiger partial charge in [-0.05, 0) is 37.1 Å². The van der Waals surface area contributed by atoms with Crippen molar-refractivity contribution in [2.24, 2.45) is 0 Å². The number of thiazole rings is 1. The number of fused-ring (bicyclic) bond motifs is 1. The van der Waals surface area contributed by atoms with Crippen molar-refractivity contribution < 1.29 is 14.3 Å². The lowest BCUT2D eigenvalue weighted by atomic mass is 10.2. The van der Waals surface area contributed by atoms with Crippen LogP contribution in [0.5, 0.6) is 5.75 Å². The highest BCUT2D eigenvalue weighted by molar-refractivity contribution is 7.22. The summed E-state index contributed by atoms with van der Waals surface area (Å²) < 4.78 is 12.2. The van der Waals surface area contributed by atoms with Crippen molar-refractivity contribution in [1.82, 2.24) is 9.88 Å². The van der Waals surface area contributed by atoms with Gasteiger partial charge in [0.15, 0.2) is 11.7 Å². The number of amides is 1. The SMILES string of the molecule is Cc1ccccc1OCC(=O)N(CCCN1CCOCC1)c1nc2c(Cl)cccc2s1. The third-order valence-electron chi connectivity index (χ3n) is 5.29. The van der Waals surface area contributed by atoms with Crippen LogP contribution >= 0.6 is 22.9 Å². The highest BCUT2D eigenvalue weighted by atomic mass is 35.5. The molecule has 4 rings (SSSR count). The zero-order chi connectivity index (χ0) is 21.6. The molecule has 31 heavy (non-hydrogen) atoms. The highest BCUT2D eigenvalue weighted by Gasteiger charge is 2.22. The standard InChI is InChI=1S/C23H26ClN3O3S/c1-17-6-2-3-8-19(17)30-16-21(28)27(11-5-10-26-12-14-29-15-13-26)23-25-22-18(24)7-4-9-20(22)31-23/h2-4,6-9H,5,10-16H2,1H3. The van der Waals surface area contributed by atoms with Gasteiger partial charge in [-0.1, -0.05) is 47.2 Å². The number of rotatable bonds is 8. The first-order valence-corrected chi connectivity index (χ1v) is 11.7. The number of aryl methyl sites for hydroxylation is 1. The lowest BCUT2D eigenvalue weighted by molar-refractivity contribution is -0.120. The van der Waals surface area contributed by atoms with Crippen LogP contribution < -0.4 is 9.64 Å². The van der Waals surface area contributed by atoms with Gasteiger partial charge in [0.05, 0.1) is 22.9 Å². The number of hydrogen-bond acceptors (Lipinski definition) is 6. The molecule has 0 spiro atoms. The van der Waals surface area contributed by atoms with Crippen LogP contribution in [0.3, 0.4) is 0 Å². The molecule has 2 heterocycles. The van der Waals surface area contributed by atoms with Crippen molar-refractivity contribution in [2.75, 3.05) is 50.9 Å². The van der Waals surface area contributed by atoms with E-state index in [2.05, 4.69) is 9.88 Å². The Balaban J connectivity index is 1.48. The summed E-state index contributed by atoms with van der Waals surface area (Å²) in [6.45, 7) is 6.82. The Morgan fingerprint density at radius 3 is 2.81 bits per heavy atom. The number of carbonyl (C=O) groups is 1. The Morgan fingerprint density at radius 2 is 2.03 bits per heavy atom. The topological polar surface area (TPSA) is 54.9 Å². The van der Waals surface area contributed by atoms with Crippen molar-refractivity contribution in [3.8, 4) is 5.75 Å². The van der Waals surface area contributed by atoms with Gasteiger partial charge in [0.1, 0.15) is 11.3 Å². The minimum atomic E-state index is -0.111. The lowest BCUT2D eigenvalue weighted by Gasteiger charge is -2.27. The molecule has 0 aliphatic carbocycles. The second-order valence-corrected chi connectivity index (χ2v) is 8.91. The quantitative estimate of drug-likeness (QED) is 0.500. The molecule has 0 N–H and O–H groups in total. The average molecular weight is 460 g/mol. The highest BCUT2D eigenvalue weighted by Crippen LogP contribution is 2.33. The van der Waals surface area contributed by atoms with Gasteiger partial charge in [0.25, 0.3) is 5.91 Å². The molecule has 8 heteroatoms. The third-order valence-corrected chi connectivity index (χ3v) is 6.64. The summed E-state index contributed by atoms with van der Waals surface area (Å²) in [7, 11) is 0. The molecule has 1 aliphatic rings. The van der Waals surface area contributed by atoms with E-state index in [9.17, 15) is 4.79 Å². The van der Waals surface area contributed by atoms with Crippen LogP contribution in [0.1, 0.15) is 12.0 Å². The van der Waals surface area contributed by atoms with Crippen LogP contribution in [0, 0.1) is 6.92 Å². The van der Waals surface area contributed by atoms with Crippen molar-refractivity contribution >= 4 is 44.2 Å². The molecule has 6 nitrogen and oxygen atoms in total. The van der Waals surface area contributed by atoms with Crippen LogP contribution in [-0.2, 0) is 9.53 Å². The maximum atomic E-state index is 13.2. The van der Waals surface area contributed by atoms with E-state index in [-0.39, 0.29) is 12.5 Å². The fraction of sp³-hybridized carbons (Fsp3) is 0.391. The van der Waals surface area contributed by atoms with E-state index in [1.165, 1.54) is 11.3 Å². The number of morpholine rings is 1. The van der Waals surface area contributed by atoms with Crippen molar-refractivity contribution in [3.63, 3.8) is 0 Å². The molecule has 0 unspecified atom stereocenters. The predicted octanol–water partition coefficient (Wildman–Crippen LogP) is 4.39. The van der Waals surface area contributed by atoms with E-state index >= 15 is 0 Å². The van der Waals surface area contributed by atoms with Gasteiger partial charge in [0, 0.05) is 26.2 Å². The number of aromatic nitrogens is 1. The van der Waals surface area contributed by atoms with E-state index in [1.54, 1.807) is 4.90 Å². The largest absolute Gasteiger partial charge is 0.483 e. The van der Waals surface area contributed by atoms with E-state index < -0.39 is 0 Å². The molecule has 0 saturated carbocycles. The summed E-state index contributed by atoms with van der Waals surface area (Å²) in [5.74, 6) is 0.608. The Kier molecular flexibility index (Phi) is 7.40. The number of nitrogens with zero attached hydrogens (tertiary/aromatic N) is 3. The fourth-order valence-electron chi connectivity index (χ4n) is 3.56. The van der Waals surface area contributed by atoms with Crippen LogP contribution in [0.4, 0.5) is 5.13 Å². The first kappa shape index (κ1) is 22.0. The van der Waals surface area contributed by atoms with Gasteiger partial charge in [-0.2, -0.15) is 0 Å². The maximum absolute atomic E-state index is 13.2. The number of benzene rings is 2. The Morgan fingerprint density at radius 1 is 1.23 bits per heavy atom. The number of hydrogen-bond donors (Lipinski definition) is 0. The van der Waals surface area contributed by atoms with Crippen LogP contribution in [0.25, 0.3) is 10.2 Å². The smallest absolute Gasteiger partial charge is 0.266 e. The van der Waals surface area contributed by atoms with Gasteiger partial charge in [-0.25, -0.2) is 4.98 Å². The average Bonchev–Trinajstić information content (AvgIpc) is 3.22. The predicted molar refractivity (Wildman–Crippen MR) is 126 cm³/mol. The molecular formula is C23H26ClN3O3S. The van der Waals surface area contributed by atoms with E-state index in [0.29, 0.717) is 16.7 Å². The number of anilines is 1. The van der Waals surface area contributed by atoms with Crippen LogP contribution in [0.2, 0.25) is 5.02 Å². The molecule has 1 amide bonds. The summed E-state index contributed by atoms with van der Waals surface area (Å²) in [5.41, 5.74) is 1.73. The van der Waals surface area contributed by atoms with Gasteiger partial charge >= 0.3 is 0 Å². The summed E-state index contributed by atoms with van der Waals surface area (Å²) >= 11 is 7.80. The van der Waals surface area contributed by atoms with Crippen molar-refractivity contribution in [2.45, 2.75) is 13.3 Å². The van der Waals surface area contributed by atoms with E-state index in [4.69, 9.17) is 21.1 Å². The minimum Gasteiger partial charge on any atom is -0.483 e. The molecule has 0 atom stereocenters. The first-order chi connectivity index (χ1) is 15.1. The summed E-state index contributed by atoms with van der Waals surface area (Å²) in [6, 6.07) is 13.4. The molecule has 1 aromatic heterocycles. The first-order valence-electron chi connectivity index (χ1n) is 10.5. The molecule has 3 aromatic rings. The minimum absolute atomic E-state index is 0.0356.